The van der Waals surface area contributed by atoms with Crippen LogP contribution in [-0.2, 0) is 22.6 Å². The van der Waals surface area contributed by atoms with Crippen molar-refractivity contribution < 1.29 is 26.9 Å². The molecule has 4 nitrogen and oxygen atoms in total. The van der Waals surface area contributed by atoms with Crippen molar-refractivity contribution in [2.75, 3.05) is 12.0 Å². The number of aromatic nitrogens is 2. The van der Waals surface area contributed by atoms with Gasteiger partial charge in [0, 0.05) is 23.8 Å². The number of aromatic amines is 1. The largest absolute Gasteiger partial charge is 0.417 e. The molecule has 0 spiro atoms. The summed E-state index contributed by atoms with van der Waals surface area (Å²) >= 11 is 1.52. The molecule has 0 aliphatic heterocycles. The SMILES string of the molecule is CCSc1cc2cc(CC(O)(CC(C)(C)c3cccc(F)c3S(C)=O)C(F)(F)F)[nH]c2cn1. The van der Waals surface area contributed by atoms with Crippen LogP contribution in [0.25, 0.3) is 10.9 Å². The minimum atomic E-state index is -4.96. The van der Waals surface area contributed by atoms with Gasteiger partial charge in [-0.3, -0.25) is 4.21 Å². The Morgan fingerprint density at radius 1 is 1.21 bits per heavy atom. The average molecular weight is 503 g/mol. The molecule has 0 saturated heterocycles. The van der Waals surface area contributed by atoms with Gasteiger partial charge in [-0.15, -0.1) is 11.8 Å². The molecule has 0 aliphatic rings. The van der Waals surface area contributed by atoms with Crippen molar-refractivity contribution in [1.29, 1.82) is 0 Å². The quantitative estimate of drug-likeness (QED) is 0.304. The third-order valence-corrected chi connectivity index (χ3v) is 7.35. The summed E-state index contributed by atoms with van der Waals surface area (Å²) in [6, 6.07) is 7.31. The lowest BCUT2D eigenvalue weighted by Gasteiger charge is -2.38. The molecule has 3 aromatic rings. The van der Waals surface area contributed by atoms with Crippen molar-refractivity contribution in [2.45, 2.75) is 60.7 Å². The van der Waals surface area contributed by atoms with Gasteiger partial charge in [0.1, 0.15) is 5.82 Å². The molecule has 10 heteroatoms. The van der Waals surface area contributed by atoms with E-state index in [0.717, 1.165) is 16.8 Å². The maximum atomic E-state index is 14.4. The van der Waals surface area contributed by atoms with Gasteiger partial charge in [0.2, 0.25) is 0 Å². The van der Waals surface area contributed by atoms with Crippen molar-refractivity contribution in [3.05, 3.63) is 53.6 Å². The van der Waals surface area contributed by atoms with E-state index in [-0.39, 0.29) is 16.2 Å². The van der Waals surface area contributed by atoms with E-state index in [1.807, 2.05) is 6.92 Å². The maximum Gasteiger partial charge on any atom is 0.417 e. The molecule has 0 aliphatic carbocycles. The first kappa shape index (κ1) is 25.7. The Morgan fingerprint density at radius 3 is 2.52 bits per heavy atom. The second kappa shape index (κ2) is 9.38. The first-order chi connectivity index (χ1) is 15.3. The molecule has 180 valence electrons. The maximum absolute atomic E-state index is 14.4. The van der Waals surface area contributed by atoms with Gasteiger partial charge in [0.25, 0.3) is 0 Å². The van der Waals surface area contributed by atoms with E-state index in [1.54, 1.807) is 18.3 Å². The Hall–Kier alpha value is -1.91. The van der Waals surface area contributed by atoms with E-state index in [0.29, 0.717) is 10.9 Å². The van der Waals surface area contributed by atoms with Crippen LogP contribution in [0.4, 0.5) is 17.6 Å². The molecule has 2 atom stereocenters. The van der Waals surface area contributed by atoms with E-state index in [9.17, 15) is 26.9 Å². The van der Waals surface area contributed by atoms with Crippen LogP contribution in [0.3, 0.4) is 0 Å². The summed E-state index contributed by atoms with van der Waals surface area (Å²) in [5.74, 6) is 0.0596. The molecule has 0 radical (unpaired) electrons. The zero-order valence-electron chi connectivity index (χ0n) is 18.7. The van der Waals surface area contributed by atoms with Crippen LogP contribution in [0.2, 0.25) is 0 Å². The zero-order valence-corrected chi connectivity index (χ0v) is 20.3. The van der Waals surface area contributed by atoms with Gasteiger partial charge < -0.3 is 10.1 Å². The predicted octanol–water partition coefficient (Wildman–Crippen LogP) is 5.76. The molecular weight excluding hydrogens is 476 g/mol. The van der Waals surface area contributed by atoms with Gasteiger partial charge in [-0.05, 0) is 41.4 Å². The highest BCUT2D eigenvalue weighted by Crippen LogP contribution is 2.44. The van der Waals surface area contributed by atoms with Gasteiger partial charge in [0.15, 0.2) is 5.60 Å². The summed E-state index contributed by atoms with van der Waals surface area (Å²) in [4.78, 5) is 7.04. The van der Waals surface area contributed by atoms with E-state index in [2.05, 4.69) is 9.97 Å². The Bertz CT molecular complexity index is 1180. The average Bonchev–Trinajstić information content (AvgIpc) is 3.07. The van der Waals surface area contributed by atoms with Gasteiger partial charge in [-0.1, -0.05) is 32.9 Å². The number of aliphatic hydroxyl groups is 1. The monoisotopic (exact) mass is 502 g/mol. The summed E-state index contributed by atoms with van der Waals surface area (Å²) in [5, 5.41) is 12.4. The molecule has 0 fully saturated rings. The van der Waals surface area contributed by atoms with Crippen molar-refractivity contribution in [3.63, 3.8) is 0 Å². The zero-order chi connectivity index (χ0) is 24.6. The Kier molecular flexibility index (Phi) is 7.31. The predicted molar refractivity (Wildman–Crippen MR) is 124 cm³/mol. The number of nitrogens with one attached hydrogen (secondary N) is 1. The number of thioether (sulfide) groups is 1. The number of hydrogen-bond acceptors (Lipinski definition) is 4. The van der Waals surface area contributed by atoms with E-state index in [4.69, 9.17) is 0 Å². The Balaban J connectivity index is 1.99. The number of fused-ring (bicyclic) bond motifs is 1. The van der Waals surface area contributed by atoms with Gasteiger partial charge in [-0.25, -0.2) is 9.37 Å². The molecule has 2 heterocycles. The van der Waals surface area contributed by atoms with Crippen LogP contribution in [-0.4, -0.2) is 43.1 Å². The lowest BCUT2D eigenvalue weighted by Crippen LogP contribution is -2.51. The topological polar surface area (TPSA) is 66.0 Å². The Morgan fingerprint density at radius 2 is 1.91 bits per heavy atom. The molecule has 33 heavy (non-hydrogen) atoms. The van der Waals surface area contributed by atoms with Crippen molar-refractivity contribution in [1.82, 2.24) is 9.97 Å². The molecule has 0 saturated carbocycles. The molecule has 0 bridgehead atoms. The number of nitrogens with zero attached hydrogens (tertiary/aromatic N) is 1. The Labute approximate surface area is 196 Å². The summed E-state index contributed by atoms with van der Waals surface area (Å²) < 4.78 is 69.0. The first-order valence-electron chi connectivity index (χ1n) is 10.3. The third-order valence-electron chi connectivity index (χ3n) is 5.56. The van der Waals surface area contributed by atoms with Crippen molar-refractivity contribution >= 4 is 33.5 Å². The van der Waals surface area contributed by atoms with Crippen molar-refractivity contribution in [3.8, 4) is 0 Å². The molecule has 2 unspecified atom stereocenters. The minimum absolute atomic E-state index is 0.148. The standard InChI is InChI=1S/C23H26F4N2O2S2/c1-5-32-19-10-14-9-15(29-18(14)12-28-19)11-22(30,23(25,26)27)13-21(2,3)16-7-6-8-17(24)20(16)33(4)31/h6-10,12,29-30H,5,11,13H2,1-4H3. The summed E-state index contributed by atoms with van der Waals surface area (Å²) in [6.07, 6.45) is -3.59. The number of alkyl halides is 3. The fourth-order valence-electron chi connectivity index (χ4n) is 4.13. The number of hydrogen-bond donors (Lipinski definition) is 2. The van der Waals surface area contributed by atoms with E-state index in [1.165, 1.54) is 44.0 Å². The molecule has 3 rings (SSSR count). The number of pyridine rings is 1. The lowest BCUT2D eigenvalue weighted by molar-refractivity contribution is -0.266. The lowest BCUT2D eigenvalue weighted by atomic mass is 9.73. The second-order valence-corrected chi connectivity index (χ2v) is 11.3. The smallest absolute Gasteiger partial charge is 0.380 e. The van der Waals surface area contributed by atoms with E-state index < -0.39 is 46.7 Å². The third kappa shape index (κ3) is 5.44. The van der Waals surface area contributed by atoms with Crippen LogP contribution >= 0.6 is 11.8 Å². The number of H-pyrrole nitrogens is 1. The number of benzene rings is 1. The second-order valence-electron chi connectivity index (χ2n) is 8.67. The fourth-order valence-corrected chi connectivity index (χ4v) is 5.76. The summed E-state index contributed by atoms with van der Waals surface area (Å²) in [5.41, 5.74) is -3.48. The van der Waals surface area contributed by atoms with Crippen LogP contribution in [0.5, 0.6) is 0 Å². The number of halogens is 4. The van der Waals surface area contributed by atoms with Crippen molar-refractivity contribution in [2.24, 2.45) is 0 Å². The number of rotatable bonds is 8. The summed E-state index contributed by atoms with van der Waals surface area (Å²) in [7, 11) is -1.75. The molecule has 1 aromatic carbocycles. The highest BCUT2D eigenvalue weighted by Gasteiger charge is 2.56. The van der Waals surface area contributed by atoms with Gasteiger partial charge in [0.05, 0.1) is 32.4 Å². The van der Waals surface area contributed by atoms with E-state index >= 15 is 0 Å². The first-order valence-corrected chi connectivity index (χ1v) is 12.8. The molecular formula is C23H26F4N2O2S2. The molecule has 0 amide bonds. The highest BCUT2D eigenvalue weighted by molar-refractivity contribution is 7.99. The minimum Gasteiger partial charge on any atom is -0.380 e. The van der Waals surface area contributed by atoms with Crippen LogP contribution < -0.4 is 0 Å². The van der Waals surface area contributed by atoms with Gasteiger partial charge in [-0.2, -0.15) is 13.2 Å². The normalized spacial score (nSPS) is 15.5. The molecule has 2 aromatic heterocycles. The van der Waals surface area contributed by atoms with Crippen LogP contribution in [0.1, 0.15) is 38.4 Å². The van der Waals surface area contributed by atoms with Crippen LogP contribution in [0.15, 0.2) is 46.5 Å². The fraction of sp³-hybridized carbons (Fsp3) is 0.435. The molecule has 2 N–H and O–H groups in total. The van der Waals surface area contributed by atoms with Gasteiger partial charge >= 0.3 is 6.18 Å². The highest BCUT2D eigenvalue weighted by atomic mass is 32.2. The summed E-state index contributed by atoms with van der Waals surface area (Å²) in [6.45, 7) is 4.94. The van der Waals surface area contributed by atoms with Crippen LogP contribution in [0, 0.1) is 5.82 Å².